The predicted octanol–water partition coefficient (Wildman–Crippen LogP) is 4.25. The third-order valence-corrected chi connectivity index (χ3v) is 4.80. The number of ketones is 1. The van der Waals surface area contributed by atoms with Gasteiger partial charge in [0.25, 0.3) is 0 Å². The minimum absolute atomic E-state index is 0.307. The van der Waals surface area contributed by atoms with Crippen molar-refractivity contribution in [1.29, 1.82) is 0 Å². The van der Waals surface area contributed by atoms with Gasteiger partial charge >= 0.3 is 0 Å². The van der Waals surface area contributed by atoms with Crippen LogP contribution in [0.1, 0.15) is 44.1 Å². The van der Waals surface area contributed by atoms with E-state index < -0.39 is 0 Å². The van der Waals surface area contributed by atoms with E-state index in [1.54, 1.807) is 7.11 Å². The molecule has 2 aliphatic rings. The van der Waals surface area contributed by atoms with Crippen molar-refractivity contribution in [3.8, 4) is 5.75 Å². The average Bonchev–Trinajstić information content (AvgIpc) is 3.11. The largest absolute Gasteiger partial charge is 0.497 e. The molecule has 0 heterocycles. The quantitative estimate of drug-likeness (QED) is 0.768. The molecule has 20 heavy (non-hydrogen) atoms. The number of carbonyl (C=O) groups is 1. The highest BCUT2D eigenvalue weighted by Crippen LogP contribution is 2.40. The molecule has 2 saturated carbocycles. The summed E-state index contributed by atoms with van der Waals surface area (Å²) < 4.78 is 5.16. The summed E-state index contributed by atoms with van der Waals surface area (Å²) in [5.74, 6) is 2.23. The summed E-state index contributed by atoms with van der Waals surface area (Å²) in [4.78, 5) is 12.5. The van der Waals surface area contributed by atoms with Crippen LogP contribution in [0.15, 0.2) is 29.8 Å². The van der Waals surface area contributed by atoms with Crippen molar-refractivity contribution in [2.75, 3.05) is 7.11 Å². The Morgan fingerprint density at radius 1 is 1.10 bits per heavy atom. The van der Waals surface area contributed by atoms with Crippen LogP contribution < -0.4 is 4.74 Å². The summed E-state index contributed by atoms with van der Waals surface area (Å²) in [7, 11) is 1.67. The molecule has 2 aliphatic carbocycles. The fourth-order valence-electron chi connectivity index (χ4n) is 3.66. The Morgan fingerprint density at radius 3 is 2.45 bits per heavy atom. The first kappa shape index (κ1) is 13.4. The van der Waals surface area contributed by atoms with Gasteiger partial charge in [0.15, 0.2) is 5.78 Å². The summed E-state index contributed by atoms with van der Waals surface area (Å²) in [6, 6.07) is 7.92. The van der Waals surface area contributed by atoms with Crippen LogP contribution in [-0.2, 0) is 4.79 Å². The van der Waals surface area contributed by atoms with Gasteiger partial charge in [-0.25, -0.2) is 0 Å². The number of allylic oxidation sites excluding steroid dienone is 1. The lowest BCUT2D eigenvalue weighted by Crippen LogP contribution is -2.16. The van der Waals surface area contributed by atoms with Gasteiger partial charge in [0, 0.05) is 5.92 Å². The monoisotopic (exact) mass is 270 g/mol. The van der Waals surface area contributed by atoms with Crippen molar-refractivity contribution in [3.63, 3.8) is 0 Å². The Balaban J connectivity index is 1.73. The second-order valence-corrected chi connectivity index (χ2v) is 6.00. The van der Waals surface area contributed by atoms with Crippen LogP contribution >= 0.6 is 0 Å². The lowest BCUT2D eigenvalue weighted by molar-refractivity contribution is -0.119. The van der Waals surface area contributed by atoms with Crippen LogP contribution in [0.5, 0.6) is 5.75 Å². The fourth-order valence-corrected chi connectivity index (χ4v) is 3.66. The number of carbonyl (C=O) groups excluding carboxylic acids is 1. The molecular formula is C18H22O2. The molecule has 106 valence electrons. The molecule has 3 rings (SSSR count). The van der Waals surface area contributed by atoms with E-state index in [2.05, 4.69) is 6.08 Å². The lowest BCUT2D eigenvalue weighted by atomic mass is 9.88. The van der Waals surface area contributed by atoms with E-state index in [0.29, 0.717) is 17.6 Å². The molecule has 2 fully saturated rings. The predicted molar refractivity (Wildman–Crippen MR) is 80.7 cm³/mol. The molecule has 0 spiro atoms. The smallest absolute Gasteiger partial charge is 0.162 e. The minimum atomic E-state index is 0.307. The van der Waals surface area contributed by atoms with Gasteiger partial charge in [0.1, 0.15) is 5.75 Å². The van der Waals surface area contributed by atoms with Gasteiger partial charge in [-0.2, -0.15) is 0 Å². The third kappa shape index (κ3) is 2.65. The van der Waals surface area contributed by atoms with Crippen LogP contribution in [0.4, 0.5) is 0 Å². The molecule has 2 heteroatoms. The molecule has 0 amide bonds. The Hall–Kier alpha value is -1.57. The zero-order valence-electron chi connectivity index (χ0n) is 12.1. The first-order valence-corrected chi connectivity index (χ1v) is 7.67. The molecule has 1 aromatic carbocycles. The second-order valence-electron chi connectivity index (χ2n) is 6.00. The van der Waals surface area contributed by atoms with Crippen molar-refractivity contribution < 1.29 is 9.53 Å². The first-order valence-electron chi connectivity index (χ1n) is 7.67. The molecule has 1 atom stereocenters. The molecule has 0 saturated heterocycles. The Labute approximate surface area is 120 Å². The maximum Gasteiger partial charge on any atom is 0.162 e. The Morgan fingerprint density at radius 2 is 1.80 bits per heavy atom. The number of hydrogen-bond acceptors (Lipinski definition) is 2. The summed E-state index contributed by atoms with van der Waals surface area (Å²) >= 11 is 0. The normalized spacial score (nSPS) is 25.6. The van der Waals surface area contributed by atoms with Crippen LogP contribution in [0, 0.1) is 11.8 Å². The molecule has 1 aromatic rings. The molecule has 2 nitrogen and oxygen atoms in total. The summed E-state index contributed by atoms with van der Waals surface area (Å²) in [6.07, 6.45) is 9.21. The van der Waals surface area contributed by atoms with Crippen molar-refractivity contribution in [2.45, 2.75) is 38.5 Å². The van der Waals surface area contributed by atoms with E-state index >= 15 is 0 Å². The zero-order valence-corrected chi connectivity index (χ0v) is 12.1. The summed E-state index contributed by atoms with van der Waals surface area (Å²) in [6.45, 7) is 0. The van der Waals surface area contributed by atoms with Crippen LogP contribution in [-0.4, -0.2) is 12.9 Å². The fraction of sp³-hybridized carbons (Fsp3) is 0.500. The molecule has 0 aliphatic heterocycles. The topological polar surface area (TPSA) is 26.3 Å². The number of rotatable bonds is 3. The standard InChI is InChI=1S/C18H22O2/c1-20-16-9-6-13(7-10-16)12-15-8-11-17(18(15)19)14-4-2-3-5-14/h6-7,9-10,12,14,17H,2-5,8,11H2,1H3/b15-12+/t17-/m1/s1. The SMILES string of the molecule is COc1ccc(/C=C2\CC[C@H](C3CCCC3)C2=O)cc1. The van der Waals surface area contributed by atoms with E-state index in [1.165, 1.54) is 25.7 Å². The van der Waals surface area contributed by atoms with Crippen LogP contribution in [0.2, 0.25) is 0 Å². The van der Waals surface area contributed by atoms with Crippen LogP contribution in [0.25, 0.3) is 6.08 Å². The summed E-state index contributed by atoms with van der Waals surface area (Å²) in [5, 5.41) is 0. The van der Waals surface area contributed by atoms with Crippen molar-refractivity contribution in [2.24, 2.45) is 11.8 Å². The van der Waals surface area contributed by atoms with Gasteiger partial charge in [0.2, 0.25) is 0 Å². The van der Waals surface area contributed by atoms with Crippen molar-refractivity contribution >= 4 is 11.9 Å². The Bertz CT molecular complexity index is 507. The minimum Gasteiger partial charge on any atom is -0.497 e. The third-order valence-electron chi connectivity index (χ3n) is 4.80. The van der Waals surface area contributed by atoms with Gasteiger partial charge in [-0.15, -0.1) is 0 Å². The highest BCUT2D eigenvalue weighted by Gasteiger charge is 2.36. The highest BCUT2D eigenvalue weighted by molar-refractivity contribution is 6.03. The lowest BCUT2D eigenvalue weighted by Gasteiger charge is -2.15. The molecule has 0 N–H and O–H groups in total. The maximum absolute atomic E-state index is 12.5. The molecule has 0 bridgehead atoms. The van der Waals surface area contributed by atoms with Crippen molar-refractivity contribution in [1.82, 2.24) is 0 Å². The van der Waals surface area contributed by atoms with Gasteiger partial charge in [0.05, 0.1) is 7.11 Å². The molecular weight excluding hydrogens is 248 g/mol. The van der Waals surface area contributed by atoms with E-state index in [-0.39, 0.29) is 0 Å². The van der Waals surface area contributed by atoms with E-state index in [0.717, 1.165) is 29.7 Å². The highest BCUT2D eigenvalue weighted by atomic mass is 16.5. The number of methoxy groups -OCH3 is 1. The second kappa shape index (κ2) is 5.82. The van der Waals surface area contributed by atoms with Gasteiger partial charge in [-0.3, -0.25) is 4.79 Å². The Kier molecular flexibility index (Phi) is 3.90. The van der Waals surface area contributed by atoms with Gasteiger partial charge in [-0.05, 0) is 60.9 Å². The van der Waals surface area contributed by atoms with E-state index in [9.17, 15) is 4.79 Å². The number of ether oxygens (including phenoxy) is 1. The maximum atomic E-state index is 12.5. The van der Waals surface area contributed by atoms with E-state index in [1.807, 2.05) is 24.3 Å². The van der Waals surface area contributed by atoms with Gasteiger partial charge in [-0.1, -0.05) is 25.0 Å². The number of hydrogen-bond donors (Lipinski definition) is 0. The van der Waals surface area contributed by atoms with E-state index in [4.69, 9.17) is 4.74 Å². The molecule has 0 radical (unpaired) electrons. The average molecular weight is 270 g/mol. The van der Waals surface area contributed by atoms with Crippen LogP contribution in [0.3, 0.4) is 0 Å². The first-order chi connectivity index (χ1) is 9.78. The number of Topliss-reactive ketones (excluding diaryl/α,β-unsaturated/α-hetero) is 1. The van der Waals surface area contributed by atoms with Crippen molar-refractivity contribution in [3.05, 3.63) is 35.4 Å². The summed E-state index contributed by atoms with van der Waals surface area (Å²) in [5.41, 5.74) is 2.12. The number of benzene rings is 1. The molecule has 0 unspecified atom stereocenters. The van der Waals surface area contributed by atoms with Gasteiger partial charge < -0.3 is 4.74 Å². The molecule has 0 aromatic heterocycles. The zero-order chi connectivity index (χ0) is 13.9.